The molecule has 2 aromatic carbocycles. The lowest BCUT2D eigenvalue weighted by Gasteiger charge is -2.28. The van der Waals surface area contributed by atoms with Crippen molar-refractivity contribution < 1.29 is 9.34 Å². The first kappa shape index (κ1) is 18.6. The Morgan fingerprint density at radius 2 is 2.00 bits per heavy atom. The van der Waals surface area contributed by atoms with E-state index in [-0.39, 0.29) is 10.6 Å². The molecule has 0 fully saturated rings. The van der Waals surface area contributed by atoms with Gasteiger partial charge in [0, 0.05) is 48.3 Å². The maximum absolute atomic E-state index is 11.1. The fourth-order valence-corrected chi connectivity index (χ4v) is 4.75. The molecule has 0 radical (unpaired) electrons. The number of non-ortho nitro benzene ring substituents is 1. The first-order valence-corrected chi connectivity index (χ1v) is 10.6. The highest BCUT2D eigenvalue weighted by Crippen LogP contribution is 2.31. The molecule has 0 aliphatic carbocycles. The summed E-state index contributed by atoms with van der Waals surface area (Å²) in [4.78, 5) is 18.8. The number of anilines is 1. The number of hydrogen-bond donors (Lipinski definition) is 0. The predicted octanol–water partition coefficient (Wildman–Crippen LogP) is 5.46. The van der Waals surface area contributed by atoms with Crippen LogP contribution in [0.2, 0.25) is 0 Å². The third kappa shape index (κ3) is 3.71. The molecule has 0 N–H and O–H groups in total. The summed E-state index contributed by atoms with van der Waals surface area (Å²) in [6.07, 6.45) is 5.31. The van der Waals surface area contributed by atoms with Gasteiger partial charge in [0.15, 0.2) is 5.13 Å². The number of nitro benzene ring substituents is 1. The minimum atomic E-state index is -0.335. The van der Waals surface area contributed by atoms with Crippen molar-refractivity contribution in [2.45, 2.75) is 19.4 Å². The Morgan fingerprint density at radius 1 is 1.13 bits per heavy atom. The largest absolute Gasteiger partial charge is 0.464 e. The number of rotatable bonds is 5. The van der Waals surface area contributed by atoms with Gasteiger partial charge in [-0.15, -0.1) is 11.3 Å². The molecular formula is C23H19N3O3S. The van der Waals surface area contributed by atoms with Crippen LogP contribution in [-0.4, -0.2) is 16.5 Å². The third-order valence-corrected chi connectivity index (χ3v) is 6.42. The van der Waals surface area contributed by atoms with Gasteiger partial charge in [-0.3, -0.25) is 10.1 Å². The second-order valence-electron chi connectivity index (χ2n) is 7.34. The van der Waals surface area contributed by atoms with Crippen molar-refractivity contribution in [3.63, 3.8) is 0 Å². The van der Waals surface area contributed by atoms with Crippen molar-refractivity contribution in [3.05, 3.63) is 98.7 Å². The lowest BCUT2D eigenvalue weighted by molar-refractivity contribution is -0.384. The normalized spacial score (nSPS) is 13.3. The molecule has 0 saturated carbocycles. The predicted molar refractivity (Wildman–Crippen MR) is 117 cm³/mol. The fourth-order valence-electron chi connectivity index (χ4n) is 3.78. The number of nitro groups is 1. The summed E-state index contributed by atoms with van der Waals surface area (Å²) >= 11 is 1.68. The summed E-state index contributed by atoms with van der Waals surface area (Å²) in [7, 11) is 0. The maximum Gasteiger partial charge on any atom is 0.269 e. The highest BCUT2D eigenvalue weighted by atomic mass is 32.1. The number of hydrogen-bond acceptors (Lipinski definition) is 6. The van der Waals surface area contributed by atoms with Crippen molar-refractivity contribution in [3.8, 4) is 11.3 Å². The van der Waals surface area contributed by atoms with E-state index in [0.717, 1.165) is 41.4 Å². The molecule has 0 bridgehead atoms. The summed E-state index contributed by atoms with van der Waals surface area (Å²) in [5.74, 6) is 0.868. The van der Waals surface area contributed by atoms with Gasteiger partial charge in [-0.1, -0.05) is 30.3 Å². The number of nitrogens with zero attached hydrogens (tertiary/aromatic N) is 3. The van der Waals surface area contributed by atoms with Crippen molar-refractivity contribution in [2.75, 3.05) is 11.4 Å². The number of furan rings is 1. The first-order chi connectivity index (χ1) is 14.7. The Balaban J connectivity index is 1.29. The van der Waals surface area contributed by atoms with E-state index >= 15 is 0 Å². The van der Waals surface area contributed by atoms with Crippen LogP contribution in [0.15, 0.2) is 71.5 Å². The smallest absolute Gasteiger partial charge is 0.269 e. The highest BCUT2D eigenvalue weighted by Gasteiger charge is 2.21. The molecule has 7 heteroatoms. The van der Waals surface area contributed by atoms with Crippen LogP contribution < -0.4 is 4.90 Å². The number of benzene rings is 2. The van der Waals surface area contributed by atoms with Crippen LogP contribution in [0.3, 0.4) is 0 Å². The first-order valence-electron chi connectivity index (χ1n) is 9.74. The Labute approximate surface area is 177 Å². The summed E-state index contributed by atoms with van der Waals surface area (Å²) in [5, 5.41) is 12.0. The number of thiazole rings is 1. The van der Waals surface area contributed by atoms with E-state index in [9.17, 15) is 10.1 Å². The minimum absolute atomic E-state index is 0.147. The molecule has 2 aromatic heterocycles. The van der Waals surface area contributed by atoms with E-state index < -0.39 is 0 Å². The number of aromatic nitrogens is 1. The van der Waals surface area contributed by atoms with Gasteiger partial charge in [0.25, 0.3) is 5.69 Å². The van der Waals surface area contributed by atoms with Gasteiger partial charge >= 0.3 is 0 Å². The van der Waals surface area contributed by atoms with Gasteiger partial charge < -0.3 is 9.32 Å². The zero-order chi connectivity index (χ0) is 20.5. The lowest BCUT2D eigenvalue weighted by atomic mass is 9.99. The van der Waals surface area contributed by atoms with Gasteiger partial charge in [-0.25, -0.2) is 4.98 Å². The van der Waals surface area contributed by atoms with Gasteiger partial charge in [0.1, 0.15) is 5.76 Å². The van der Waals surface area contributed by atoms with Crippen LogP contribution in [0, 0.1) is 10.1 Å². The fraction of sp³-hybridized carbons (Fsp3) is 0.174. The molecule has 6 nitrogen and oxygen atoms in total. The second-order valence-corrected chi connectivity index (χ2v) is 8.44. The van der Waals surface area contributed by atoms with Gasteiger partial charge in [0.2, 0.25) is 0 Å². The summed E-state index contributed by atoms with van der Waals surface area (Å²) < 4.78 is 5.44. The Hall–Kier alpha value is -3.45. The van der Waals surface area contributed by atoms with Crippen LogP contribution >= 0.6 is 11.3 Å². The van der Waals surface area contributed by atoms with E-state index in [0.29, 0.717) is 6.54 Å². The van der Waals surface area contributed by atoms with E-state index in [2.05, 4.69) is 34.1 Å². The standard InChI is InChI=1S/C23H19N3O3S/c27-26(28)20-8-7-17-9-10-25(15-19(17)13-20)23-24-14-21(30-23)12-16-3-5-18(6-4-16)22-2-1-11-29-22/h1-8,11,13-14H,9-10,12,15H2. The van der Waals surface area contributed by atoms with E-state index in [1.165, 1.54) is 16.0 Å². The van der Waals surface area contributed by atoms with Crippen LogP contribution in [0.25, 0.3) is 11.3 Å². The van der Waals surface area contributed by atoms with Crippen LogP contribution in [-0.2, 0) is 19.4 Å². The van der Waals surface area contributed by atoms with Crippen LogP contribution in [0.4, 0.5) is 10.8 Å². The molecule has 0 spiro atoms. The average Bonchev–Trinajstić information content (AvgIpc) is 3.46. The minimum Gasteiger partial charge on any atom is -0.464 e. The summed E-state index contributed by atoms with van der Waals surface area (Å²) in [6.45, 7) is 1.53. The number of fused-ring (bicyclic) bond motifs is 1. The molecule has 30 heavy (non-hydrogen) atoms. The van der Waals surface area contributed by atoms with Gasteiger partial charge in [-0.2, -0.15) is 0 Å². The molecule has 0 unspecified atom stereocenters. The van der Waals surface area contributed by atoms with Crippen molar-refractivity contribution >= 4 is 22.2 Å². The summed E-state index contributed by atoms with van der Waals surface area (Å²) in [5.41, 5.74) is 4.63. The van der Waals surface area contributed by atoms with E-state index in [1.807, 2.05) is 24.4 Å². The third-order valence-electron chi connectivity index (χ3n) is 5.36. The highest BCUT2D eigenvalue weighted by molar-refractivity contribution is 7.15. The zero-order valence-electron chi connectivity index (χ0n) is 16.2. The molecule has 0 amide bonds. The van der Waals surface area contributed by atoms with E-state index in [4.69, 9.17) is 4.42 Å². The van der Waals surface area contributed by atoms with Crippen LogP contribution in [0.5, 0.6) is 0 Å². The molecule has 1 aliphatic rings. The molecule has 1 aliphatic heterocycles. The molecule has 0 saturated heterocycles. The van der Waals surface area contributed by atoms with Crippen LogP contribution in [0.1, 0.15) is 21.6 Å². The second kappa shape index (κ2) is 7.76. The topological polar surface area (TPSA) is 72.4 Å². The molecule has 150 valence electrons. The van der Waals surface area contributed by atoms with Gasteiger partial charge in [-0.05, 0) is 35.2 Å². The average molecular weight is 417 g/mol. The van der Waals surface area contributed by atoms with Crippen molar-refractivity contribution in [1.82, 2.24) is 4.98 Å². The molecule has 3 heterocycles. The van der Waals surface area contributed by atoms with Gasteiger partial charge in [0.05, 0.1) is 11.2 Å². The maximum atomic E-state index is 11.1. The zero-order valence-corrected chi connectivity index (χ0v) is 17.0. The van der Waals surface area contributed by atoms with Crippen molar-refractivity contribution in [2.24, 2.45) is 0 Å². The quantitative estimate of drug-likeness (QED) is 0.318. The van der Waals surface area contributed by atoms with Crippen molar-refractivity contribution in [1.29, 1.82) is 0 Å². The monoisotopic (exact) mass is 417 g/mol. The molecule has 0 atom stereocenters. The molecule has 4 aromatic rings. The SMILES string of the molecule is O=[N+]([O-])c1ccc2c(c1)CN(c1ncc(Cc3ccc(-c4ccco4)cc3)s1)CC2. The lowest BCUT2D eigenvalue weighted by Crippen LogP contribution is -2.30. The summed E-state index contributed by atoms with van der Waals surface area (Å²) in [6, 6.07) is 17.4. The Bertz CT molecular complexity index is 1180. The Morgan fingerprint density at radius 3 is 2.77 bits per heavy atom. The Kier molecular flexibility index (Phi) is 4.80. The molecule has 5 rings (SSSR count). The van der Waals surface area contributed by atoms with E-state index in [1.54, 1.807) is 29.7 Å². The molecular weight excluding hydrogens is 398 g/mol.